The Kier molecular flexibility index (Phi) is 6.24. The first-order valence-corrected chi connectivity index (χ1v) is 9.29. The summed E-state index contributed by atoms with van der Waals surface area (Å²) in [5.41, 5.74) is 2.07. The van der Waals surface area contributed by atoms with E-state index in [-0.39, 0.29) is 5.02 Å². The molecule has 0 atom stereocenters. The van der Waals surface area contributed by atoms with Crippen molar-refractivity contribution < 1.29 is 9.29 Å². The second kappa shape index (κ2) is 8.61. The van der Waals surface area contributed by atoms with Gasteiger partial charge in [0.25, 0.3) is 0 Å². The molecule has 1 aliphatic rings. The first-order chi connectivity index (χ1) is 12.1. The van der Waals surface area contributed by atoms with Crippen molar-refractivity contribution >= 4 is 34.6 Å². The Morgan fingerprint density at radius 2 is 1.88 bits per heavy atom. The maximum Gasteiger partial charge on any atom is 0.171 e. The fraction of sp³-hybridized carbons (Fsp3) is 0.316. The van der Waals surface area contributed by atoms with Crippen LogP contribution in [-0.4, -0.2) is 24.2 Å². The van der Waals surface area contributed by atoms with Gasteiger partial charge in [-0.2, -0.15) is 0 Å². The predicted molar refractivity (Wildman–Crippen MR) is 105 cm³/mol. The molecule has 3 nitrogen and oxygen atoms in total. The largest absolute Gasteiger partial charge is 0.359 e. The van der Waals surface area contributed by atoms with Gasteiger partial charge >= 0.3 is 0 Å². The van der Waals surface area contributed by atoms with E-state index in [2.05, 4.69) is 41.0 Å². The summed E-state index contributed by atoms with van der Waals surface area (Å²) in [6.45, 7) is 3.32. The van der Waals surface area contributed by atoms with E-state index >= 15 is 0 Å². The van der Waals surface area contributed by atoms with Gasteiger partial charge < -0.3 is 15.5 Å². The fourth-order valence-corrected chi connectivity index (χ4v) is 3.62. The summed E-state index contributed by atoms with van der Waals surface area (Å²) >= 11 is 11.2. The van der Waals surface area contributed by atoms with Crippen LogP contribution < -0.4 is 15.5 Å². The number of piperidine rings is 1. The maximum atomic E-state index is 13.2. The minimum Gasteiger partial charge on any atom is -0.359 e. The Morgan fingerprint density at radius 3 is 2.56 bits per heavy atom. The predicted octanol–water partition coefficient (Wildman–Crippen LogP) is 3.01. The van der Waals surface area contributed by atoms with Gasteiger partial charge in [0.15, 0.2) is 5.11 Å². The summed E-state index contributed by atoms with van der Waals surface area (Å²) in [5, 5.41) is 7.07. The molecule has 0 radical (unpaired) electrons. The standard InChI is InChI=1S/C19H21ClFN3S/c20-17-12-16(6-7-18(17)21)23-19(25)22-15-8-10-24(11-9-15)13-14-4-2-1-3-5-14/h1-7,12,15H,8-11,13H2,(H2,22,23,25)/p+1. The number of halogens is 2. The zero-order valence-electron chi connectivity index (χ0n) is 13.9. The second-order valence-corrected chi connectivity index (χ2v) is 7.23. The molecular formula is C19H22ClFN3S+. The molecule has 0 aliphatic carbocycles. The lowest BCUT2D eigenvalue weighted by molar-refractivity contribution is -0.918. The number of nitrogens with one attached hydrogen (secondary N) is 3. The van der Waals surface area contributed by atoms with Gasteiger partial charge in [-0.15, -0.1) is 0 Å². The number of hydrogen-bond donors (Lipinski definition) is 3. The van der Waals surface area contributed by atoms with Gasteiger partial charge in [-0.1, -0.05) is 41.9 Å². The lowest BCUT2D eigenvalue weighted by atomic mass is 10.0. The topological polar surface area (TPSA) is 28.5 Å². The van der Waals surface area contributed by atoms with Crippen molar-refractivity contribution in [1.82, 2.24) is 5.32 Å². The van der Waals surface area contributed by atoms with Crippen LogP contribution in [0, 0.1) is 5.82 Å². The highest BCUT2D eigenvalue weighted by Gasteiger charge is 2.22. The van der Waals surface area contributed by atoms with E-state index < -0.39 is 5.82 Å². The molecule has 25 heavy (non-hydrogen) atoms. The minimum atomic E-state index is -0.431. The van der Waals surface area contributed by atoms with Crippen molar-refractivity contribution in [2.24, 2.45) is 0 Å². The number of likely N-dealkylation sites (tertiary alicyclic amines) is 1. The molecule has 0 bridgehead atoms. The molecule has 0 aromatic heterocycles. The lowest BCUT2D eigenvalue weighted by Gasteiger charge is -2.30. The lowest BCUT2D eigenvalue weighted by Crippen LogP contribution is -3.12. The molecule has 6 heteroatoms. The van der Waals surface area contributed by atoms with E-state index in [0.29, 0.717) is 16.8 Å². The molecule has 0 amide bonds. The Bertz CT molecular complexity index is 718. The summed E-state index contributed by atoms with van der Waals surface area (Å²) < 4.78 is 13.2. The molecule has 1 fully saturated rings. The van der Waals surface area contributed by atoms with Crippen molar-refractivity contribution in [3.8, 4) is 0 Å². The molecule has 1 saturated heterocycles. The summed E-state index contributed by atoms with van der Waals surface area (Å²) in [6.07, 6.45) is 2.16. The Hall–Kier alpha value is -1.69. The molecule has 1 heterocycles. The van der Waals surface area contributed by atoms with Crippen LogP contribution in [0.4, 0.5) is 10.1 Å². The van der Waals surface area contributed by atoms with Crippen molar-refractivity contribution in [1.29, 1.82) is 0 Å². The minimum absolute atomic E-state index is 0.0885. The third kappa shape index (κ3) is 5.39. The van der Waals surface area contributed by atoms with Crippen LogP contribution in [0.2, 0.25) is 5.02 Å². The third-order valence-corrected chi connectivity index (χ3v) is 5.01. The van der Waals surface area contributed by atoms with Gasteiger partial charge in [-0.05, 0) is 30.4 Å². The van der Waals surface area contributed by atoms with Crippen molar-refractivity contribution in [3.05, 3.63) is 64.9 Å². The van der Waals surface area contributed by atoms with Crippen LogP contribution in [0.3, 0.4) is 0 Å². The van der Waals surface area contributed by atoms with E-state index in [9.17, 15) is 4.39 Å². The van der Waals surface area contributed by atoms with Crippen LogP contribution >= 0.6 is 23.8 Å². The van der Waals surface area contributed by atoms with Crippen LogP contribution in [-0.2, 0) is 6.54 Å². The molecule has 3 rings (SSSR count). The number of thiocarbonyl (C=S) groups is 1. The Morgan fingerprint density at radius 1 is 1.16 bits per heavy atom. The van der Waals surface area contributed by atoms with Gasteiger partial charge in [0.1, 0.15) is 12.4 Å². The monoisotopic (exact) mass is 378 g/mol. The zero-order chi connectivity index (χ0) is 17.6. The van der Waals surface area contributed by atoms with E-state index in [1.165, 1.54) is 17.7 Å². The molecule has 0 spiro atoms. The molecule has 3 N–H and O–H groups in total. The van der Waals surface area contributed by atoms with E-state index in [1.54, 1.807) is 11.0 Å². The first kappa shape index (κ1) is 18.1. The van der Waals surface area contributed by atoms with Crippen molar-refractivity contribution in [3.63, 3.8) is 0 Å². The van der Waals surface area contributed by atoms with E-state index in [4.69, 9.17) is 23.8 Å². The maximum absolute atomic E-state index is 13.2. The molecular weight excluding hydrogens is 357 g/mol. The number of hydrogen-bond acceptors (Lipinski definition) is 1. The van der Waals surface area contributed by atoms with Gasteiger partial charge in [0, 0.05) is 30.1 Å². The summed E-state index contributed by atoms with van der Waals surface area (Å²) in [5.74, 6) is -0.431. The van der Waals surface area contributed by atoms with Crippen LogP contribution in [0.5, 0.6) is 0 Å². The van der Waals surface area contributed by atoms with Gasteiger partial charge in [-0.3, -0.25) is 0 Å². The molecule has 0 saturated carbocycles. The molecule has 0 unspecified atom stereocenters. The summed E-state index contributed by atoms with van der Waals surface area (Å²) in [6, 6.07) is 15.5. The van der Waals surface area contributed by atoms with Crippen molar-refractivity contribution in [2.45, 2.75) is 25.4 Å². The van der Waals surface area contributed by atoms with Crippen LogP contribution in [0.25, 0.3) is 0 Å². The SMILES string of the molecule is Fc1ccc(NC(=S)NC2CC[NH+](Cc3ccccc3)CC2)cc1Cl. The first-order valence-electron chi connectivity index (χ1n) is 8.50. The van der Waals surface area contributed by atoms with Crippen molar-refractivity contribution in [2.75, 3.05) is 18.4 Å². The van der Waals surface area contributed by atoms with Gasteiger partial charge in [-0.25, -0.2) is 4.39 Å². The van der Waals surface area contributed by atoms with E-state index in [0.717, 1.165) is 32.5 Å². The zero-order valence-corrected chi connectivity index (χ0v) is 15.5. The highest BCUT2D eigenvalue weighted by molar-refractivity contribution is 7.80. The second-order valence-electron chi connectivity index (χ2n) is 6.41. The van der Waals surface area contributed by atoms with Gasteiger partial charge in [0.2, 0.25) is 0 Å². The number of quaternary nitrogens is 1. The molecule has 1 aliphatic heterocycles. The average molecular weight is 379 g/mol. The number of anilines is 1. The summed E-state index contributed by atoms with van der Waals surface area (Å²) in [7, 11) is 0. The number of benzene rings is 2. The van der Waals surface area contributed by atoms with Crippen LogP contribution in [0.1, 0.15) is 18.4 Å². The number of rotatable bonds is 4. The van der Waals surface area contributed by atoms with E-state index in [1.807, 2.05) is 0 Å². The van der Waals surface area contributed by atoms with Crippen LogP contribution in [0.15, 0.2) is 48.5 Å². The molecule has 2 aromatic carbocycles. The highest BCUT2D eigenvalue weighted by Crippen LogP contribution is 2.19. The Balaban J connectivity index is 1.43. The third-order valence-electron chi connectivity index (χ3n) is 4.50. The normalized spacial score (nSPS) is 20.1. The molecule has 2 aromatic rings. The summed E-state index contributed by atoms with van der Waals surface area (Å²) in [4.78, 5) is 1.61. The fourth-order valence-electron chi connectivity index (χ4n) is 3.16. The Labute approximate surface area is 158 Å². The highest BCUT2D eigenvalue weighted by atomic mass is 35.5. The quantitative estimate of drug-likeness (QED) is 0.714. The smallest absolute Gasteiger partial charge is 0.171 e. The molecule has 132 valence electrons. The average Bonchev–Trinajstić information content (AvgIpc) is 2.61. The van der Waals surface area contributed by atoms with Gasteiger partial charge in [0.05, 0.1) is 18.1 Å².